The van der Waals surface area contributed by atoms with Gasteiger partial charge in [0.05, 0.1) is 11.4 Å². The number of nitrogens with zero attached hydrogens (tertiary/aromatic N) is 1. The fourth-order valence-electron chi connectivity index (χ4n) is 1.72. The van der Waals surface area contributed by atoms with Gasteiger partial charge in [0.25, 0.3) is 0 Å². The lowest BCUT2D eigenvalue weighted by atomic mass is 10.2. The maximum atomic E-state index is 12.3. The summed E-state index contributed by atoms with van der Waals surface area (Å²) >= 11 is 5.64. The SMILES string of the molecule is CCCNC(=O)CN(C)S(=O)(=O)c1ccc(CCCl)cc1. The number of carbonyl (C=O) groups excluding carboxylic acids is 1. The van der Waals surface area contributed by atoms with Crippen LogP contribution in [0.15, 0.2) is 29.2 Å². The van der Waals surface area contributed by atoms with E-state index in [0.29, 0.717) is 18.8 Å². The van der Waals surface area contributed by atoms with Crippen molar-refractivity contribution >= 4 is 27.5 Å². The average Bonchev–Trinajstić information content (AvgIpc) is 2.46. The fraction of sp³-hybridized carbons (Fsp3) is 0.500. The van der Waals surface area contributed by atoms with Crippen molar-refractivity contribution in [2.75, 3.05) is 26.0 Å². The summed E-state index contributed by atoms with van der Waals surface area (Å²) in [5.74, 6) is 0.186. The largest absolute Gasteiger partial charge is 0.355 e. The predicted octanol–water partition coefficient (Wildman–Crippen LogP) is 1.61. The standard InChI is InChI=1S/C14H21ClN2O3S/c1-3-10-16-14(18)11-17(2)21(19,20)13-6-4-12(5-7-13)8-9-15/h4-7H,3,8-11H2,1-2H3,(H,16,18). The van der Waals surface area contributed by atoms with Crippen molar-refractivity contribution < 1.29 is 13.2 Å². The number of hydrogen-bond acceptors (Lipinski definition) is 3. The summed E-state index contributed by atoms with van der Waals surface area (Å²) in [6.45, 7) is 2.29. The maximum Gasteiger partial charge on any atom is 0.243 e. The highest BCUT2D eigenvalue weighted by atomic mass is 35.5. The van der Waals surface area contributed by atoms with E-state index in [2.05, 4.69) is 5.32 Å². The van der Waals surface area contributed by atoms with Crippen LogP contribution in [0.1, 0.15) is 18.9 Å². The van der Waals surface area contributed by atoms with Crippen LogP contribution in [0.3, 0.4) is 0 Å². The molecule has 7 heteroatoms. The number of hydrogen-bond donors (Lipinski definition) is 1. The number of rotatable bonds is 8. The molecule has 0 aromatic heterocycles. The number of benzene rings is 1. The molecule has 0 fully saturated rings. The second-order valence-corrected chi connectivity index (χ2v) is 7.12. The first-order valence-electron chi connectivity index (χ1n) is 6.79. The monoisotopic (exact) mass is 332 g/mol. The molecule has 0 aliphatic carbocycles. The van der Waals surface area contributed by atoms with Crippen LogP contribution in [-0.4, -0.2) is 44.6 Å². The molecule has 118 valence electrons. The quantitative estimate of drug-likeness (QED) is 0.735. The van der Waals surface area contributed by atoms with Crippen LogP contribution in [0.4, 0.5) is 0 Å². The molecule has 5 nitrogen and oxygen atoms in total. The zero-order chi connectivity index (χ0) is 15.9. The van der Waals surface area contributed by atoms with Gasteiger partial charge in [0.2, 0.25) is 15.9 Å². The normalized spacial score (nSPS) is 11.6. The first-order valence-corrected chi connectivity index (χ1v) is 8.77. The number of amides is 1. The van der Waals surface area contributed by atoms with Crippen molar-refractivity contribution in [3.8, 4) is 0 Å². The van der Waals surface area contributed by atoms with E-state index < -0.39 is 10.0 Å². The third-order valence-corrected chi connectivity index (χ3v) is 4.96. The number of alkyl halides is 1. The molecule has 0 bridgehead atoms. The van der Waals surface area contributed by atoms with Gasteiger partial charge in [-0.2, -0.15) is 4.31 Å². The summed E-state index contributed by atoms with van der Waals surface area (Å²) in [4.78, 5) is 11.8. The van der Waals surface area contributed by atoms with Crippen LogP contribution >= 0.6 is 11.6 Å². The fourth-order valence-corrected chi connectivity index (χ4v) is 3.07. The Morgan fingerprint density at radius 2 is 1.90 bits per heavy atom. The van der Waals surface area contributed by atoms with Gasteiger partial charge in [-0.25, -0.2) is 8.42 Å². The third-order valence-electron chi connectivity index (χ3n) is 2.95. The van der Waals surface area contributed by atoms with Crippen molar-refractivity contribution in [3.63, 3.8) is 0 Å². The van der Waals surface area contributed by atoms with Gasteiger partial charge in [0.1, 0.15) is 0 Å². The zero-order valence-electron chi connectivity index (χ0n) is 12.3. The van der Waals surface area contributed by atoms with Crippen LogP contribution in [0.25, 0.3) is 0 Å². The smallest absolute Gasteiger partial charge is 0.243 e. The molecule has 21 heavy (non-hydrogen) atoms. The van der Waals surface area contributed by atoms with Crippen molar-refractivity contribution in [2.24, 2.45) is 0 Å². The van der Waals surface area contributed by atoms with E-state index in [1.54, 1.807) is 12.1 Å². The number of nitrogens with one attached hydrogen (secondary N) is 1. The highest BCUT2D eigenvalue weighted by Gasteiger charge is 2.22. The summed E-state index contributed by atoms with van der Waals surface area (Å²) in [5.41, 5.74) is 0.979. The van der Waals surface area contributed by atoms with Crippen molar-refractivity contribution in [1.29, 1.82) is 0 Å². The Kier molecular flexibility index (Phi) is 7.14. The molecule has 0 spiro atoms. The van der Waals surface area contributed by atoms with E-state index in [1.165, 1.54) is 19.2 Å². The zero-order valence-corrected chi connectivity index (χ0v) is 13.9. The van der Waals surface area contributed by atoms with Gasteiger partial charge in [-0.3, -0.25) is 4.79 Å². The third kappa shape index (κ3) is 5.30. The molecular weight excluding hydrogens is 312 g/mol. The number of halogens is 1. The van der Waals surface area contributed by atoms with Gasteiger partial charge in [0.15, 0.2) is 0 Å². The van der Waals surface area contributed by atoms with Crippen LogP contribution in [0.5, 0.6) is 0 Å². The van der Waals surface area contributed by atoms with Gasteiger partial charge in [0, 0.05) is 19.5 Å². The highest BCUT2D eigenvalue weighted by Crippen LogP contribution is 2.15. The van der Waals surface area contributed by atoms with Gasteiger partial charge < -0.3 is 5.32 Å². The number of likely N-dealkylation sites (N-methyl/N-ethyl adjacent to an activating group) is 1. The van der Waals surface area contributed by atoms with Crippen molar-refractivity contribution in [3.05, 3.63) is 29.8 Å². The predicted molar refractivity (Wildman–Crippen MR) is 84.0 cm³/mol. The second-order valence-electron chi connectivity index (χ2n) is 4.69. The lowest BCUT2D eigenvalue weighted by Gasteiger charge is -2.17. The molecule has 0 heterocycles. The van der Waals surface area contributed by atoms with E-state index in [9.17, 15) is 13.2 Å². The Bertz CT molecular complexity index is 558. The minimum Gasteiger partial charge on any atom is -0.355 e. The average molecular weight is 333 g/mol. The topological polar surface area (TPSA) is 66.5 Å². The Balaban J connectivity index is 2.77. The molecule has 1 amide bonds. The van der Waals surface area contributed by atoms with Gasteiger partial charge in [-0.1, -0.05) is 19.1 Å². The Morgan fingerprint density at radius 3 is 2.43 bits per heavy atom. The molecular formula is C14H21ClN2O3S. The van der Waals surface area contributed by atoms with E-state index in [1.807, 2.05) is 6.92 Å². The van der Waals surface area contributed by atoms with Gasteiger partial charge in [-0.05, 0) is 30.5 Å². The number of carbonyl (C=O) groups is 1. The molecule has 1 aromatic rings. The summed E-state index contributed by atoms with van der Waals surface area (Å²) in [6, 6.07) is 6.55. The van der Waals surface area contributed by atoms with Gasteiger partial charge in [-0.15, -0.1) is 11.6 Å². The summed E-state index contributed by atoms with van der Waals surface area (Å²) in [6.07, 6.45) is 1.50. The lowest BCUT2D eigenvalue weighted by molar-refractivity contribution is -0.121. The van der Waals surface area contributed by atoms with Gasteiger partial charge >= 0.3 is 0 Å². The Labute approximate surface area is 131 Å². The molecule has 0 atom stereocenters. The molecule has 0 aliphatic rings. The molecule has 0 unspecified atom stereocenters. The van der Waals surface area contributed by atoms with Crippen LogP contribution < -0.4 is 5.32 Å². The molecule has 0 saturated carbocycles. The van der Waals surface area contributed by atoms with Crippen LogP contribution in [0, 0.1) is 0 Å². The van der Waals surface area contributed by atoms with Crippen LogP contribution in [-0.2, 0) is 21.2 Å². The van der Waals surface area contributed by atoms with Crippen molar-refractivity contribution in [1.82, 2.24) is 9.62 Å². The second kappa shape index (κ2) is 8.36. The molecule has 1 N–H and O–H groups in total. The minimum absolute atomic E-state index is 0.173. The Morgan fingerprint density at radius 1 is 1.29 bits per heavy atom. The van der Waals surface area contributed by atoms with Crippen LogP contribution in [0.2, 0.25) is 0 Å². The molecule has 1 rings (SSSR count). The minimum atomic E-state index is -3.65. The lowest BCUT2D eigenvalue weighted by Crippen LogP contribution is -2.38. The molecule has 0 radical (unpaired) electrons. The Hall–Kier alpha value is -1.11. The van der Waals surface area contributed by atoms with E-state index >= 15 is 0 Å². The molecule has 1 aromatic carbocycles. The number of aryl methyl sites for hydroxylation is 1. The summed E-state index contributed by atoms with van der Waals surface area (Å²) < 4.78 is 25.7. The van der Waals surface area contributed by atoms with E-state index in [-0.39, 0.29) is 17.3 Å². The highest BCUT2D eigenvalue weighted by molar-refractivity contribution is 7.89. The number of sulfonamides is 1. The maximum absolute atomic E-state index is 12.3. The first kappa shape index (κ1) is 17.9. The molecule has 0 saturated heterocycles. The first-order chi connectivity index (χ1) is 9.91. The summed E-state index contributed by atoms with van der Waals surface area (Å²) in [5, 5.41) is 2.65. The van der Waals surface area contributed by atoms with Crippen molar-refractivity contribution in [2.45, 2.75) is 24.7 Å². The summed E-state index contributed by atoms with van der Waals surface area (Å²) in [7, 11) is -2.25. The van der Waals surface area contributed by atoms with E-state index in [0.717, 1.165) is 16.3 Å². The molecule has 0 aliphatic heterocycles. The van der Waals surface area contributed by atoms with E-state index in [4.69, 9.17) is 11.6 Å².